The molecule has 7 heteroatoms. The summed E-state index contributed by atoms with van der Waals surface area (Å²) in [5.41, 5.74) is 6.38. The molecule has 0 aliphatic carbocycles. The molecule has 1 unspecified atom stereocenters. The Morgan fingerprint density at radius 2 is 2.32 bits per heavy atom. The lowest BCUT2D eigenvalue weighted by molar-refractivity contribution is -0.383. The molecule has 0 bridgehead atoms. The molecule has 7 nitrogen and oxygen atoms in total. The van der Waals surface area contributed by atoms with E-state index < -0.39 is 10.7 Å². The fraction of sp³-hybridized carbons (Fsp3) is 0.500. The van der Waals surface area contributed by atoms with Gasteiger partial charge < -0.3 is 20.5 Å². The van der Waals surface area contributed by atoms with Crippen molar-refractivity contribution in [2.75, 3.05) is 24.2 Å². The second kappa shape index (κ2) is 5.02. The molecule has 1 aliphatic heterocycles. The lowest BCUT2D eigenvalue weighted by Crippen LogP contribution is -2.26. The van der Waals surface area contributed by atoms with Crippen LogP contribution in [0.5, 0.6) is 0 Å². The van der Waals surface area contributed by atoms with E-state index in [1.807, 2.05) is 13.8 Å². The van der Waals surface area contributed by atoms with Crippen molar-refractivity contribution < 1.29 is 14.4 Å². The fourth-order valence-corrected chi connectivity index (χ4v) is 1.93. The summed E-state index contributed by atoms with van der Waals surface area (Å²) in [5, 5.41) is 13.8. The first-order chi connectivity index (χ1) is 8.87. The zero-order chi connectivity index (χ0) is 14.0. The van der Waals surface area contributed by atoms with Crippen molar-refractivity contribution in [3.05, 3.63) is 28.3 Å². The number of nitro benzene ring substituents is 1. The van der Waals surface area contributed by atoms with Gasteiger partial charge in [0.25, 0.3) is 5.69 Å². The number of hydrogen-bond acceptors (Lipinski definition) is 6. The summed E-state index contributed by atoms with van der Waals surface area (Å²) >= 11 is 0. The Kier molecular flexibility index (Phi) is 3.59. The standard InChI is InChI=1S/C12H17N3O4/c1-12(2)18-7-9(19-12)6-14-8-3-4-11(15(16)17)10(13)5-8/h3-5,9,14H,6-7,13H2,1-2H3. The molecule has 0 aromatic heterocycles. The number of ether oxygens (including phenoxy) is 2. The average Bonchev–Trinajstić information content (AvgIpc) is 2.66. The van der Waals surface area contributed by atoms with Gasteiger partial charge in [0.05, 0.1) is 11.5 Å². The molecule has 19 heavy (non-hydrogen) atoms. The third-order valence-corrected chi connectivity index (χ3v) is 2.83. The van der Waals surface area contributed by atoms with Crippen molar-refractivity contribution in [1.29, 1.82) is 0 Å². The van der Waals surface area contributed by atoms with Gasteiger partial charge in [0.1, 0.15) is 11.8 Å². The average molecular weight is 267 g/mol. The first-order valence-electron chi connectivity index (χ1n) is 5.97. The van der Waals surface area contributed by atoms with E-state index in [1.165, 1.54) is 6.07 Å². The summed E-state index contributed by atoms with van der Waals surface area (Å²) in [7, 11) is 0. The van der Waals surface area contributed by atoms with Crippen LogP contribution in [0.1, 0.15) is 13.8 Å². The van der Waals surface area contributed by atoms with Crippen LogP contribution in [0.3, 0.4) is 0 Å². The van der Waals surface area contributed by atoms with Gasteiger partial charge >= 0.3 is 0 Å². The second-order valence-electron chi connectivity index (χ2n) is 4.86. The number of nitrogen functional groups attached to an aromatic ring is 1. The Morgan fingerprint density at radius 3 is 2.84 bits per heavy atom. The van der Waals surface area contributed by atoms with Crippen LogP contribution in [0.2, 0.25) is 0 Å². The number of anilines is 2. The van der Waals surface area contributed by atoms with Gasteiger partial charge in [0.15, 0.2) is 5.79 Å². The third kappa shape index (κ3) is 3.33. The van der Waals surface area contributed by atoms with E-state index in [2.05, 4.69) is 5.32 Å². The van der Waals surface area contributed by atoms with Crippen molar-refractivity contribution in [3.8, 4) is 0 Å². The summed E-state index contributed by atoms with van der Waals surface area (Å²) in [4.78, 5) is 10.1. The quantitative estimate of drug-likeness (QED) is 0.489. The fourth-order valence-electron chi connectivity index (χ4n) is 1.93. The highest BCUT2D eigenvalue weighted by atomic mass is 16.7. The monoisotopic (exact) mass is 267 g/mol. The zero-order valence-corrected chi connectivity index (χ0v) is 10.9. The second-order valence-corrected chi connectivity index (χ2v) is 4.86. The Bertz CT molecular complexity index is 490. The van der Waals surface area contributed by atoms with Crippen molar-refractivity contribution >= 4 is 17.1 Å². The highest BCUT2D eigenvalue weighted by molar-refractivity contribution is 5.65. The topological polar surface area (TPSA) is 99.6 Å². The molecule has 1 atom stereocenters. The summed E-state index contributed by atoms with van der Waals surface area (Å²) in [5.74, 6) is -0.555. The maximum atomic E-state index is 10.6. The van der Waals surface area contributed by atoms with Crippen LogP contribution < -0.4 is 11.1 Å². The molecule has 1 aromatic carbocycles. The smallest absolute Gasteiger partial charge is 0.292 e. The summed E-state index contributed by atoms with van der Waals surface area (Å²) in [6.45, 7) is 4.79. The molecule has 1 fully saturated rings. The first-order valence-corrected chi connectivity index (χ1v) is 5.97. The van der Waals surface area contributed by atoms with Crippen LogP contribution >= 0.6 is 0 Å². The molecule has 3 N–H and O–H groups in total. The summed E-state index contributed by atoms with van der Waals surface area (Å²) < 4.78 is 11.1. The van der Waals surface area contributed by atoms with Crippen LogP contribution in [0.4, 0.5) is 17.1 Å². The van der Waals surface area contributed by atoms with Gasteiger partial charge in [-0.15, -0.1) is 0 Å². The molecule has 1 saturated heterocycles. The lowest BCUT2D eigenvalue weighted by atomic mass is 10.2. The van der Waals surface area contributed by atoms with Crippen LogP contribution in [-0.2, 0) is 9.47 Å². The SMILES string of the molecule is CC1(C)OCC(CNc2ccc([N+](=O)[O-])c(N)c2)O1. The third-order valence-electron chi connectivity index (χ3n) is 2.83. The molecular formula is C12H17N3O4. The normalized spacial score (nSPS) is 21.3. The van der Waals surface area contributed by atoms with Crippen molar-refractivity contribution in [1.82, 2.24) is 0 Å². The van der Waals surface area contributed by atoms with Crippen LogP contribution in [-0.4, -0.2) is 30.0 Å². The van der Waals surface area contributed by atoms with Gasteiger partial charge in [-0.3, -0.25) is 10.1 Å². The molecule has 0 spiro atoms. The molecule has 0 amide bonds. The van der Waals surface area contributed by atoms with E-state index in [1.54, 1.807) is 12.1 Å². The van der Waals surface area contributed by atoms with E-state index in [0.717, 1.165) is 5.69 Å². The molecule has 1 aromatic rings. The number of nitrogens with two attached hydrogens (primary N) is 1. The number of rotatable bonds is 4. The van der Waals surface area contributed by atoms with Crippen LogP contribution in [0, 0.1) is 10.1 Å². The molecule has 1 heterocycles. The molecule has 0 radical (unpaired) electrons. The summed E-state index contributed by atoms with van der Waals surface area (Å²) in [6, 6.07) is 4.54. The Balaban J connectivity index is 1.94. The first kappa shape index (κ1) is 13.6. The van der Waals surface area contributed by atoms with Gasteiger partial charge in [0.2, 0.25) is 0 Å². The maximum Gasteiger partial charge on any atom is 0.292 e. The number of nitrogens with zero attached hydrogens (tertiary/aromatic N) is 1. The van der Waals surface area contributed by atoms with E-state index in [4.69, 9.17) is 15.2 Å². The number of nitrogens with one attached hydrogen (secondary N) is 1. The molecule has 0 saturated carbocycles. The van der Waals surface area contributed by atoms with E-state index >= 15 is 0 Å². The van der Waals surface area contributed by atoms with Gasteiger partial charge in [-0.2, -0.15) is 0 Å². The van der Waals surface area contributed by atoms with Crippen molar-refractivity contribution in [2.45, 2.75) is 25.7 Å². The van der Waals surface area contributed by atoms with E-state index in [9.17, 15) is 10.1 Å². The lowest BCUT2D eigenvalue weighted by Gasteiger charge is -2.17. The minimum Gasteiger partial charge on any atom is -0.393 e. The van der Waals surface area contributed by atoms with E-state index in [-0.39, 0.29) is 17.5 Å². The van der Waals surface area contributed by atoms with Crippen LogP contribution in [0.15, 0.2) is 18.2 Å². The predicted molar refractivity (Wildman–Crippen MR) is 70.9 cm³/mol. The number of hydrogen-bond donors (Lipinski definition) is 2. The minimum absolute atomic E-state index is 0.0496. The van der Waals surface area contributed by atoms with Crippen molar-refractivity contribution in [2.24, 2.45) is 0 Å². The molecule has 2 rings (SSSR count). The number of nitro groups is 1. The highest BCUT2D eigenvalue weighted by Crippen LogP contribution is 2.26. The van der Waals surface area contributed by atoms with Gasteiger partial charge in [-0.05, 0) is 26.0 Å². The molecular weight excluding hydrogens is 250 g/mol. The van der Waals surface area contributed by atoms with Gasteiger partial charge in [-0.1, -0.05) is 0 Å². The Labute approximate surface area is 110 Å². The van der Waals surface area contributed by atoms with Crippen molar-refractivity contribution in [3.63, 3.8) is 0 Å². The van der Waals surface area contributed by atoms with Gasteiger partial charge in [-0.25, -0.2) is 0 Å². The van der Waals surface area contributed by atoms with Gasteiger partial charge in [0, 0.05) is 18.3 Å². The maximum absolute atomic E-state index is 10.6. The van der Waals surface area contributed by atoms with E-state index in [0.29, 0.717) is 13.2 Å². The molecule has 104 valence electrons. The largest absolute Gasteiger partial charge is 0.393 e. The highest BCUT2D eigenvalue weighted by Gasteiger charge is 2.32. The predicted octanol–water partition coefficient (Wildman–Crippen LogP) is 1.74. The molecule has 1 aliphatic rings. The Hall–Kier alpha value is -1.86. The Morgan fingerprint density at radius 1 is 1.58 bits per heavy atom. The van der Waals surface area contributed by atoms with Crippen LogP contribution in [0.25, 0.3) is 0 Å². The minimum atomic E-state index is -0.555. The zero-order valence-electron chi connectivity index (χ0n) is 10.9. The summed E-state index contributed by atoms with van der Waals surface area (Å²) in [6.07, 6.45) is -0.0496. The number of benzene rings is 1.